The van der Waals surface area contributed by atoms with Crippen LogP contribution in [0.1, 0.15) is 24.8 Å². The molecule has 0 unspecified atom stereocenters. The smallest absolute Gasteiger partial charge is 0.307 e. The third kappa shape index (κ3) is 3.57. The van der Waals surface area contributed by atoms with E-state index >= 15 is 0 Å². The van der Waals surface area contributed by atoms with Gasteiger partial charge in [0.15, 0.2) is 0 Å². The summed E-state index contributed by atoms with van der Waals surface area (Å²) in [6, 6.07) is 7.33. The third-order valence-electron chi connectivity index (χ3n) is 2.75. The summed E-state index contributed by atoms with van der Waals surface area (Å²) in [6.07, 6.45) is 3.84. The number of hydrogen-bond acceptors (Lipinski definition) is 2. The van der Waals surface area contributed by atoms with E-state index in [1.54, 1.807) is 6.07 Å². The van der Waals surface area contributed by atoms with Crippen molar-refractivity contribution in [2.75, 3.05) is 6.61 Å². The average Bonchev–Trinajstić information content (AvgIpc) is 3.01. The molecule has 1 aromatic carbocycles. The summed E-state index contributed by atoms with van der Waals surface area (Å²) in [7, 11) is 0. The Labute approximate surface area is 95.0 Å². The Hall–Kier alpha value is -1.51. The number of hydrogen-bond donors (Lipinski definition) is 1. The highest BCUT2D eigenvalue weighted by Gasteiger charge is 2.20. The zero-order chi connectivity index (χ0) is 11.4. The van der Waals surface area contributed by atoms with Crippen LogP contribution in [0.3, 0.4) is 0 Å². The fraction of sp³-hybridized carbons (Fsp3) is 0.462. The molecule has 1 aliphatic rings. The highest BCUT2D eigenvalue weighted by atomic mass is 16.5. The van der Waals surface area contributed by atoms with Crippen molar-refractivity contribution in [1.82, 2.24) is 0 Å². The van der Waals surface area contributed by atoms with Gasteiger partial charge < -0.3 is 9.84 Å². The van der Waals surface area contributed by atoms with Gasteiger partial charge in [0.25, 0.3) is 0 Å². The lowest BCUT2D eigenvalue weighted by Gasteiger charge is -2.06. The van der Waals surface area contributed by atoms with E-state index in [1.807, 2.05) is 18.2 Å². The third-order valence-corrected chi connectivity index (χ3v) is 2.75. The first-order valence-corrected chi connectivity index (χ1v) is 5.67. The number of carboxylic acid groups (broad SMARTS) is 1. The molecule has 0 amide bonds. The lowest BCUT2D eigenvalue weighted by atomic mass is 10.1. The summed E-state index contributed by atoms with van der Waals surface area (Å²) < 4.78 is 5.59. The fourth-order valence-corrected chi connectivity index (χ4v) is 1.67. The Bertz CT molecular complexity index is 369. The Morgan fingerprint density at radius 1 is 1.44 bits per heavy atom. The van der Waals surface area contributed by atoms with Crippen LogP contribution in [0.15, 0.2) is 24.3 Å². The summed E-state index contributed by atoms with van der Waals surface area (Å²) in [5, 5.41) is 8.67. The van der Waals surface area contributed by atoms with Gasteiger partial charge in [-0.2, -0.15) is 0 Å². The van der Waals surface area contributed by atoms with E-state index in [9.17, 15) is 4.79 Å². The molecule has 1 N–H and O–H groups in total. The monoisotopic (exact) mass is 220 g/mol. The molecule has 1 fully saturated rings. The normalized spacial score (nSPS) is 14.8. The molecule has 0 heterocycles. The lowest BCUT2D eigenvalue weighted by Crippen LogP contribution is -2.02. The Morgan fingerprint density at radius 2 is 2.25 bits per heavy atom. The van der Waals surface area contributed by atoms with Gasteiger partial charge in [-0.25, -0.2) is 0 Å². The molecule has 16 heavy (non-hydrogen) atoms. The number of aliphatic carboxylic acids is 1. The number of rotatable bonds is 6. The second kappa shape index (κ2) is 5.01. The van der Waals surface area contributed by atoms with Gasteiger partial charge in [-0.3, -0.25) is 4.79 Å². The SMILES string of the molecule is O=C(O)Cc1cccc(OCCC2CC2)c1. The number of benzene rings is 1. The summed E-state index contributed by atoms with van der Waals surface area (Å²) in [5.74, 6) is 0.830. The van der Waals surface area contributed by atoms with Gasteiger partial charge in [-0.1, -0.05) is 25.0 Å². The summed E-state index contributed by atoms with van der Waals surface area (Å²) in [4.78, 5) is 10.6. The number of ether oxygens (including phenoxy) is 1. The van der Waals surface area contributed by atoms with E-state index < -0.39 is 5.97 Å². The first kappa shape index (κ1) is 11.0. The van der Waals surface area contributed by atoms with Crippen molar-refractivity contribution < 1.29 is 14.6 Å². The molecule has 0 bridgehead atoms. The molecule has 1 aliphatic carbocycles. The second-order valence-corrected chi connectivity index (χ2v) is 4.30. The zero-order valence-corrected chi connectivity index (χ0v) is 9.19. The molecule has 3 nitrogen and oxygen atoms in total. The molecular formula is C13H16O3. The van der Waals surface area contributed by atoms with Crippen LogP contribution in [0, 0.1) is 5.92 Å². The molecule has 1 aromatic rings. The van der Waals surface area contributed by atoms with Crippen LogP contribution < -0.4 is 4.74 Å². The lowest BCUT2D eigenvalue weighted by molar-refractivity contribution is -0.136. The Kier molecular flexibility index (Phi) is 3.44. The Morgan fingerprint density at radius 3 is 2.94 bits per heavy atom. The van der Waals surface area contributed by atoms with E-state index in [2.05, 4.69) is 0 Å². The standard InChI is InChI=1S/C13H16O3/c14-13(15)9-11-2-1-3-12(8-11)16-7-6-10-4-5-10/h1-3,8,10H,4-7,9H2,(H,14,15). The van der Waals surface area contributed by atoms with Crippen molar-refractivity contribution in [2.45, 2.75) is 25.7 Å². The van der Waals surface area contributed by atoms with Crippen LogP contribution in [-0.2, 0) is 11.2 Å². The van der Waals surface area contributed by atoms with Crippen molar-refractivity contribution in [3.05, 3.63) is 29.8 Å². The topological polar surface area (TPSA) is 46.5 Å². The van der Waals surface area contributed by atoms with E-state index in [0.29, 0.717) is 0 Å². The minimum atomic E-state index is -0.810. The summed E-state index contributed by atoms with van der Waals surface area (Å²) >= 11 is 0. The maximum absolute atomic E-state index is 10.6. The van der Waals surface area contributed by atoms with E-state index in [1.165, 1.54) is 12.8 Å². The van der Waals surface area contributed by atoms with Crippen molar-refractivity contribution >= 4 is 5.97 Å². The number of carbonyl (C=O) groups is 1. The summed E-state index contributed by atoms with van der Waals surface area (Å²) in [6.45, 7) is 0.737. The number of carboxylic acids is 1. The molecule has 3 heteroatoms. The van der Waals surface area contributed by atoms with Crippen LogP contribution in [0.5, 0.6) is 5.75 Å². The quantitative estimate of drug-likeness (QED) is 0.801. The molecule has 86 valence electrons. The largest absolute Gasteiger partial charge is 0.494 e. The van der Waals surface area contributed by atoms with Gasteiger partial charge in [0.2, 0.25) is 0 Å². The molecule has 0 radical (unpaired) electrons. The van der Waals surface area contributed by atoms with Crippen molar-refractivity contribution in [2.24, 2.45) is 5.92 Å². The fourth-order valence-electron chi connectivity index (χ4n) is 1.67. The highest BCUT2D eigenvalue weighted by Crippen LogP contribution is 2.32. The second-order valence-electron chi connectivity index (χ2n) is 4.30. The van der Waals surface area contributed by atoms with E-state index in [4.69, 9.17) is 9.84 Å². The minimum absolute atomic E-state index is 0.0554. The average molecular weight is 220 g/mol. The van der Waals surface area contributed by atoms with Gasteiger partial charge in [-0.15, -0.1) is 0 Å². The minimum Gasteiger partial charge on any atom is -0.494 e. The zero-order valence-electron chi connectivity index (χ0n) is 9.19. The van der Waals surface area contributed by atoms with Gasteiger partial charge in [0, 0.05) is 0 Å². The van der Waals surface area contributed by atoms with Gasteiger partial charge >= 0.3 is 5.97 Å². The molecule has 0 spiro atoms. The van der Waals surface area contributed by atoms with Gasteiger partial charge in [0.05, 0.1) is 13.0 Å². The van der Waals surface area contributed by atoms with Crippen LogP contribution in [-0.4, -0.2) is 17.7 Å². The van der Waals surface area contributed by atoms with Crippen LogP contribution in [0.2, 0.25) is 0 Å². The van der Waals surface area contributed by atoms with Crippen LogP contribution in [0.25, 0.3) is 0 Å². The first-order valence-electron chi connectivity index (χ1n) is 5.67. The molecular weight excluding hydrogens is 204 g/mol. The van der Waals surface area contributed by atoms with Gasteiger partial charge in [0.1, 0.15) is 5.75 Å². The maximum atomic E-state index is 10.6. The van der Waals surface area contributed by atoms with Gasteiger partial charge in [-0.05, 0) is 30.0 Å². The maximum Gasteiger partial charge on any atom is 0.307 e. The molecule has 0 atom stereocenters. The van der Waals surface area contributed by atoms with Crippen molar-refractivity contribution in [3.63, 3.8) is 0 Å². The molecule has 2 rings (SSSR count). The van der Waals surface area contributed by atoms with Crippen LogP contribution in [0.4, 0.5) is 0 Å². The van der Waals surface area contributed by atoms with Crippen molar-refractivity contribution in [3.8, 4) is 5.75 Å². The van der Waals surface area contributed by atoms with Crippen LogP contribution >= 0.6 is 0 Å². The summed E-state index contributed by atoms with van der Waals surface area (Å²) in [5.41, 5.74) is 0.788. The molecule has 1 saturated carbocycles. The van der Waals surface area contributed by atoms with E-state index in [-0.39, 0.29) is 6.42 Å². The predicted molar refractivity (Wildman–Crippen MR) is 60.6 cm³/mol. The predicted octanol–water partition coefficient (Wildman–Crippen LogP) is 2.49. The Balaban J connectivity index is 1.84. The molecule has 0 saturated heterocycles. The molecule has 0 aliphatic heterocycles. The molecule has 0 aromatic heterocycles. The van der Waals surface area contributed by atoms with E-state index in [0.717, 1.165) is 30.3 Å². The first-order chi connectivity index (χ1) is 7.74. The van der Waals surface area contributed by atoms with Crippen molar-refractivity contribution in [1.29, 1.82) is 0 Å². The highest BCUT2D eigenvalue weighted by molar-refractivity contribution is 5.70.